The van der Waals surface area contributed by atoms with E-state index in [1.54, 1.807) is 14.2 Å². The molecule has 1 aliphatic heterocycles. The maximum absolute atomic E-state index is 12.2. The number of nitrogen functional groups attached to an aromatic ring is 1. The standard InChI is InChI=1S/C20H23NO4/c1-23-18-7-6-14(11-19(18)24-2)8-15-12-25-20(22)17(15)10-13-4-3-5-16(21)9-13/h3-7,9,11,15,17H,8,10,12,21H2,1-2H3. The first-order chi connectivity index (χ1) is 12.1. The van der Waals surface area contributed by atoms with Gasteiger partial charge in [0.15, 0.2) is 11.5 Å². The maximum atomic E-state index is 12.2. The zero-order valence-corrected chi connectivity index (χ0v) is 14.5. The highest BCUT2D eigenvalue weighted by molar-refractivity contribution is 5.75. The highest BCUT2D eigenvalue weighted by Gasteiger charge is 2.36. The van der Waals surface area contributed by atoms with Gasteiger partial charge < -0.3 is 19.9 Å². The first-order valence-electron chi connectivity index (χ1n) is 8.32. The summed E-state index contributed by atoms with van der Waals surface area (Å²) in [5, 5.41) is 0. The Balaban J connectivity index is 1.75. The predicted octanol–water partition coefficient (Wildman–Crippen LogP) is 2.86. The molecule has 2 atom stereocenters. The Bertz CT molecular complexity index is 759. The fraction of sp³-hybridized carbons (Fsp3) is 0.350. The van der Waals surface area contributed by atoms with Gasteiger partial charge in [-0.15, -0.1) is 0 Å². The van der Waals surface area contributed by atoms with Gasteiger partial charge in [-0.1, -0.05) is 18.2 Å². The summed E-state index contributed by atoms with van der Waals surface area (Å²) in [6, 6.07) is 13.5. The average Bonchev–Trinajstić information content (AvgIpc) is 2.95. The lowest BCUT2D eigenvalue weighted by Crippen LogP contribution is -2.20. The zero-order chi connectivity index (χ0) is 17.8. The molecule has 0 spiro atoms. The highest BCUT2D eigenvalue weighted by atomic mass is 16.5. The third-order valence-electron chi connectivity index (χ3n) is 4.66. The second-order valence-corrected chi connectivity index (χ2v) is 6.34. The van der Waals surface area contributed by atoms with Crippen molar-refractivity contribution in [3.8, 4) is 11.5 Å². The van der Waals surface area contributed by atoms with Crippen LogP contribution in [0.4, 0.5) is 5.69 Å². The van der Waals surface area contributed by atoms with Gasteiger partial charge in [-0.3, -0.25) is 4.79 Å². The van der Waals surface area contributed by atoms with E-state index in [-0.39, 0.29) is 17.8 Å². The summed E-state index contributed by atoms with van der Waals surface area (Å²) in [5.74, 6) is 1.23. The van der Waals surface area contributed by atoms with Gasteiger partial charge in [-0.2, -0.15) is 0 Å². The second-order valence-electron chi connectivity index (χ2n) is 6.34. The lowest BCUT2D eigenvalue weighted by atomic mass is 9.85. The molecule has 132 valence electrons. The predicted molar refractivity (Wildman–Crippen MR) is 95.7 cm³/mol. The maximum Gasteiger partial charge on any atom is 0.309 e. The molecule has 0 saturated carbocycles. The third-order valence-corrected chi connectivity index (χ3v) is 4.66. The number of hydrogen-bond acceptors (Lipinski definition) is 5. The highest BCUT2D eigenvalue weighted by Crippen LogP contribution is 2.33. The topological polar surface area (TPSA) is 70.8 Å². The summed E-state index contributed by atoms with van der Waals surface area (Å²) in [4.78, 5) is 12.2. The Hall–Kier alpha value is -2.69. The van der Waals surface area contributed by atoms with Gasteiger partial charge in [0, 0.05) is 11.6 Å². The van der Waals surface area contributed by atoms with Crippen LogP contribution >= 0.6 is 0 Å². The molecule has 0 amide bonds. The number of rotatable bonds is 6. The van der Waals surface area contributed by atoms with E-state index in [4.69, 9.17) is 19.9 Å². The van der Waals surface area contributed by atoms with Crippen LogP contribution in [0, 0.1) is 11.8 Å². The van der Waals surface area contributed by atoms with E-state index in [1.165, 1.54) is 0 Å². The van der Waals surface area contributed by atoms with E-state index < -0.39 is 0 Å². The Morgan fingerprint density at radius 2 is 1.80 bits per heavy atom. The fourth-order valence-electron chi connectivity index (χ4n) is 3.34. The molecular weight excluding hydrogens is 318 g/mol. The molecule has 3 rings (SSSR count). The Morgan fingerprint density at radius 1 is 1.04 bits per heavy atom. The van der Waals surface area contributed by atoms with Crippen LogP contribution in [-0.2, 0) is 22.4 Å². The van der Waals surface area contributed by atoms with Crippen molar-refractivity contribution in [2.45, 2.75) is 12.8 Å². The molecule has 1 aliphatic rings. The van der Waals surface area contributed by atoms with Crippen LogP contribution in [0.25, 0.3) is 0 Å². The molecule has 0 bridgehead atoms. The number of anilines is 1. The minimum absolute atomic E-state index is 0.132. The van der Waals surface area contributed by atoms with E-state index >= 15 is 0 Å². The number of cyclic esters (lactones) is 1. The molecule has 2 aromatic carbocycles. The van der Waals surface area contributed by atoms with E-state index in [1.807, 2.05) is 42.5 Å². The molecule has 5 nitrogen and oxygen atoms in total. The molecule has 2 aromatic rings. The summed E-state index contributed by atoms with van der Waals surface area (Å²) in [5.41, 5.74) is 8.70. The Morgan fingerprint density at radius 3 is 2.52 bits per heavy atom. The van der Waals surface area contributed by atoms with Crippen LogP contribution in [0.2, 0.25) is 0 Å². The smallest absolute Gasteiger partial charge is 0.309 e. The third kappa shape index (κ3) is 3.87. The van der Waals surface area contributed by atoms with Gasteiger partial charge in [0.05, 0.1) is 26.7 Å². The number of nitrogens with two attached hydrogens (primary N) is 1. The molecule has 2 unspecified atom stereocenters. The van der Waals surface area contributed by atoms with Gasteiger partial charge in [-0.25, -0.2) is 0 Å². The molecule has 1 saturated heterocycles. The summed E-state index contributed by atoms with van der Waals surface area (Å²) < 4.78 is 16.0. The van der Waals surface area contributed by atoms with Gasteiger partial charge in [0.25, 0.3) is 0 Å². The van der Waals surface area contributed by atoms with E-state index in [0.29, 0.717) is 30.2 Å². The molecule has 1 heterocycles. The normalized spacial score (nSPS) is 19.5. The first-order valence-corrected chi connectivity index (χ1v) is 8.32. The van der Waals surface area contributed by atoms with E-state index in [0.717, 1.165) is 17.5 Å². The molecular formula is C20H23NO4. The number of carbonyl (C=O) groups excluding carboxylic acids is 1. The van der Waals surface area contributed by atoms with Crippen molar-refractivity contribution in [1.29, 1.82) is 0 Å². The minimum atomic E-state index is -0.158. The molecule has 5 heteroatoms. The van der Waals surface area contributed by atoms with Crippen LogP contribution in [0.5, 0.6) is 11.5 Å². The zero-order valence-electron chi connectivity index (χ0n) is 14.5. The largest absolute Gasteiger partial charge is 0.493 e. The van der Waals surface area contributed by atoms with Crippen molar-refractivity contribution in [1.82, 2.24) is 0 Å². The monoisotopic (exact) mass is 341 g/mol. The first kappa shape index (κ1) is 17.1. The molecule has 1 fully saturated rings. The number of ether oxygens (including phenoxy) is 3. The number of hydrogen-bond donors (Lipinski definition) is 1. The van der Waals surface area contributed by atoms with Gasteiger partial charge in [0.2, 0.25) is 0 Å². The van der Waals surface area contributed by atoms with Gasteiger partial charge in [-0.05, 0) is 48.2 Å². The molecule has 0 radical (unpaired) electrons. The van der Waals surface area contributed by atoms with Gasteiger partial charge >= 0.3 is 5.97 Å². The van der Waals surface area contributed by atoms with E-state index in [2.05, 4.69) is 0 Å². The van der Waals surface area contributed by atoms with E-state index in [9.17, 15) is 4.79 Å². The number of methoxy groups -OCH3 is 2. The molecule has 0 aromatic heterocycles. The van der Waals surface area contributed by atoms with Crippen molar-refractivity contribution in [3.05, 3.63) is 53.6 Å². The SMILES string of the molecule is COc1ccc(CC2COC(=O)C2Cc2cccc(N)c2)cc1OC. The van der Waals surface area contributed by atoms with Gasteiger partial charge in [0.1, 0.15) is 0 Å². The van der Waals surface area contributed by atoms with Crippen molar-refractivity contribution >= 4 is 11.7 Å². The lowest BCUT2D eigenvalue weighted by Gasteiger charge is -2.16. The van der Waals surface area contributed by atoms with Crippen LogP contribution in [0.15, 0.2) is 42.5 Å². The molecule has 2 N–H and O–H groups in total. The summed E-state index contributed by atoms with van der Waals surface area (Å²) in [6.07, 6.45) is 1.39. The number of esters is 1. The molecule has 0 aliphatic carbocycles. The average molecular weight is 341 g/mol. The summed E-state index contributed by atoms with van der Waals surface area (Å²) in [6.45, 7) is 0.445. The summed E-state index contributed by atoms with van der Waals surface area (Å²) >= 11 is 0. The second kappa shape index (κ2) is 7.47. The van der Waals surface area contributed by atoms with Crippen molar-refractivity contribution < 1.29 is 19.0 Å². The lowest BCUT2D eigenvalue weighted by molar-refractivity contribution is -0.141. The Kier molecular flexibility index (Phi) is 5.12. The fourth-order valence-corrected chi connectivity index (χ4v) is 3.34. The number of benzene rings is 2. The number of carbonyl (C=O) groups is 1. The Labute approximate surface area is 147 Å². The molecule has 25 heavy (non-hydrogen) atoms. The van der Waals surface area contributed by atoms with Crippen molar-refractivity contribution in [2.24, 2.45) is 11.8 Å². The van der Waals surface area contributed by atoms with Crippen LogP contribution < -0.4 is 15.2 Å². The van der Waals surface area contributed by atoms with Crippen LogP contribution in [0.1, 0.15) is 11.1 Å². The van der Waals surface area contributed by atoms with Crippen LogP contribution in [-0.4, -0.2) is 26.8 Å². The van der Waals surface area contributed by atoms with Crippen LogP contribution in [0.3, 0.4) is 0 Å². The van der Waals surface area contributed by atoms with Crippen molar-refractivity contribution in [2.75, 3.05) is 26.6 Å². The van der Waals surface area contributed by atoms with Crippen molar-refractivity contribution in [3.63, 3.8) is 0 Å². The quantitative estimate of drug-likeness (QED) is 0.646. The summed E-state index contributed by atoms with van der Waals surface area (Å²) in [7, 11) is 3.23. The minimum Gasteiger partial charge on any atom is -0.493 e.